The van der Waals surface area contributed by atoms with E-state index in [1.807, 2.05) is 12.7 Å². The summed E-state index contributed by atoms with van der Waals surface area (Å²) in [4.78, 5) is 9.34. The normalized spacial score (nSPS) is 20.1. The molecule has 0 spiro atoms. The Morgan fingerprint density at radius 1 is 0.600 bits per heavy atom. The van der Waals surface area contributed by atoms with Gasteiger partial charge < -0.3 is 10.6 Å². The Hall–Kier alpha value is -3.66. The number of rotatable bonds is 2. The van der Waals surface area contributed by atoms with Crippen molar-refractivity contribution < 1.29 is 0 Å². The van der Waals surface area contributed by atoms with E-state index in [0.29, 0.717) is 11.8 Å². The topological polar surface area (TPSA) is 48.8 Å². The third-order valence-electron chi connectivity index (χ3n) is 10.5. The largest absolute Gasteiger partial charge is 0.346 e. The van der Waals surface area contributed by atoms with Gasteiger partial charge in [0.05, 0.1) is 25.8 Å². The van der Waals surface area contributed by atoms with E-state index < -0.39 is 0 Å². The van der Waals surface area contributed by atoms with Crippen molar-refractivity contribution in [3.8, 4) is 0 Å². The van der Waals surface area contributed by atoms with Gasteiger partial charge in [0.1, 0.15) is 0 Å². The fourth-order valence-electron chi connectivity index (χ4n) is 8.25. The number of aliphatic imine (C=N–C) groups is 2. The van der Waals surface area contributed by atoms with Crippen molar-refractivity contribution in [2.24, 2.45) is 9.98 Å². The average molecular weight is 527 g/mol. The highest BCUT2D eigenvalue weighted by Crippen LogP contribution is 2.56. The van der Waals surface area contributed by atoms with Crippen LogP contribution in [0, 0.1) is 0 Å². The molecule has 0 saturated carbocycles. The molecule has 0 bridgehead atoms. The minimum Gasteiger partial charge on any atom is -0.346 e. The van der Waals surface area contributed by atoms with Gasteiger partial charge in [-0.2, -0.15) is 0 Å². The van der Waals surface area contributed by atoms with E-state index >= 15 is 0 Å². The first-order valence-electron chi connectivity index (χ1n) is 14.9. The molecule has 2 N–H and O–H groups in total. The summed E-state index contributed by atoms with van der Waals surface area (Å²) in [5.74, 6) is 0.804. The second-order valence-electron chi connectivity index (χ2n) is 14.0. The number of benzene rings is 4. The third-order valence-corrected chi connectivity index (χ3v) is 10.5. The van der Waals surface area contributed by atoms with E-state index in [1.54, 1.807) is 0 Å². The lowest BCUT2D eigenvalue weighted by Gasteiger charge is -2.42. The zero-order valence-electron chi connectivity index (χ0n) is 24.9. The summed E-state index contributed by atoms with van der Waals surface area (Å²) in [5.41, 5.74) is 13.5. The molecule has 4 nitrogen and oxygen atoms in total. The average Bonchev–Trinajstić information content (AvgIpc) is 2.93. The summed E-state index contributed by atoms with van der Waals surface area (Å²) in [6.07, 6.45) is 3.79. The zero-order chi connectivity index (χ0) is 27.9. The Morgan fingerprint density at radius 3 is 1.38 bits per heavy atom. The summed E-state index contributed by atoms with van der Waals surface area (Å²) in [6.45, 7) is 20.5. The summed E-state index contributed by atoms with van der Waals surface area (Å²) in [5, 5.41) is 15.8. The molecule has 0 saturated heterocycles. The van der Waals surface area contributed by atoms with Gasteiger partial charge in [0.15, 0.2) is 0 Å². The Morgan fingerprint density at radius 2 is 1.00 bits per heavy atom. The first-order valence-corrected chi connectivity index (χ1v) is 14.9. The van der Waals surface area contributed by atoms with E-state index in [-0.39, 0.29) is 10.8 Å². The SMILES string of the molecule is CC(C)c1cc2c3c(cc4c(C(C)C)cc5c6c(cc1c3c46)C(C)(C)C1=C5NC=NC1)C(C)(C)C1=C2NC=NC1. The first kappa shape index (κ1) is 24.2. The number of fused-ring (bicyclic) bond motifs is 2. The van der Waals surface area contributed by atoms with Gasteiger partial charge in [0.2, 0.25) is 0 Å². The molecule has 2 heterocycles. The zero-order valence-corrected chi connectivity index (χ0v) is 24.9. The van der Waals surface area contributed by atoms with Crippen molar-refractivity contribution in [3.63, 3.8) is 0 Å². The molecule has 0 unspecified atom stereocenters. The van der Waals surface area contributed by atoms with E-state index in [9.17, 15) is 0 Å². The fraction of sp³-hybridized carbons (Fsp3) is 0.389. The highest BCUT2D eigenvalue weighted by atomic mass is 15.0. The third kappa shape index (κ3) is 2.73. The highest BCUT2D eigenvalue weighted by molar-refractivity contribution is 6.30. The van der Waals surface area contributed by atoms with Crippen molar-refractivity contribution in [2.75, 3.05) is 13.1 Å². The van der Waals surface area contributed by atoms with Crippen LogP contribution < -0.4 is 10.6 Å². The molecule has 202 valence electrons. The van der Waals surface area contributed by atoms with Gasteiger partial charge >= 0.3 is 0 Å². The quantitative estimate of drug-likeness (QED) is 0.259. The van der Waals surface area contributed by atoms with Crippen molar-refractivity contribution in [1.82, 2.24) is 10.6 Å². The van der Waals surface area contributed by atoms with Crippen LogP contribution in [0.25, 0.3) is 43.7 Å². The van der Waals surface area contributed by atoms with Gasteiger partial charge in [-0.25, -0.2) is 0 Å². The Balaban J connectivity index is 1.68. The molecular weight excluding hydrogens is 488 g/mol. The number of hydrogen-bond acceptors (Lipinski definition) is 4. The smallest absolute Gasteiger partial charge is 0.0872 e. The Kier molecular flexibility index (Phi) is 4.56. The van der Waals surface area contributed by atoms with Crippen molar-refractivity contribution in [2.45, 2.75) is 78.1 Å². The molecule has 0 amide bonds. The van der Waals surface area contributed by atoms with Gasteiger partial charge in [-0.3, -0.25) is 9.98 Å². The Bertz CT molecular complexity index is 1800. The summed E-state index contributed by atoms with van der Waals surface area (Å²) in [6, 6.07) is 10.1. The van der Waals surface area contributed by atoms with E-state index in [1.165, 1.54) is 88.2 Å². The van der Waals surface area contributed by atoms with Crippen LogP contribution in [0.3, 0.4) is 0 Å². The van der Waals surface area contributed by atoms with E-state index in [4.69, 9.17) is 0 Å². The monoisotopic (exact) mass is 526 g/mol. The Labute approximate surface area is 236 Å². The van der Waals surface area contributed by atoms with Crippen LogP contribution in [-0.4, -0.2) is 25.8 Å². The van der Waals surface area contributed by atoms with Crippen molar-refractivity contribution in [1.29, 1.82) is 0 Å². The van der Waals surface area contributed by atoms with Crippen LogP contribution in [0.4, 0.5) is 0 Å². The molecule has 2 aliphatic heterocycles. The lowest BCUT2D eigenvalue weighted by atomic mass is 9.64. The molecule has 2 aliphatic carbocycles. The maximum atomic E-state index is 4.67. The molecule has 4 aromatic carbocycles. The van der Waals surface area contributed by atoms with Crippen LogP contribution in [0.5, 0.6) is 0 Å². The fourth-order valence-corrected chi connectivity index (χ4v) is 8.25. The number of hydrogen-bond donors (Lipinski definition) is 2. The molecule has 0 fully saturated rings. The number of nitrogens with one attached hydrogen (secondary N) is 2. The second kappa shape index (κ2) is 7.54. The van der Waals surface area contributed by atoms with Crippen LogP contribution in [-0.2, 0) is 10.8 Å². The molecule has 0 radical (unpaired) electrons. The summed E-state index contributed by atoms with van der Waals surface area (Å²) < 4.78 is 0. The second-order valence-corrected chi connectivity index (χ2v) is 14.0. The predicted octanol–water partition coefficient (Wildman–Crippen LogP) is 8.10. The minimum absolute atomic E-state index is 0.123. The number of nitrogens with zero attached hydrogens (tertiary/aromatic N) is 2. The van der Waals surface area contributed by atoms with Gasteiger partial charge in [-0.05, 0) is 102 Å². The molecule has 4 heteroatoms. The lowest BCUT2D eigenvalue weighted by Crippen LogP contribution is -2.34. The highest BCUT2D eigenvalue weighted by Gasteiger charge is 2.42. The molecule has 0 atom stereocenters. The van der Waals surface area contributed by atoms with E-state index in [2.05, 4.69) is 100 Å². The lowest BCUT2D eigenvalue weighted by molar-refractivity contribution is 0.608. The predicted molar refractivity (Wildman–Crippen MR) is 171 cm³/mol. The molecule has 4 aromatic rings. The molecule has 40 heavy (non-hydrogen) atoms. The maximum absolute atomic E-state index is 4.67. The van der Waals surface area contributed by atoms with Crippen LogP contribution in [0.15, 0.2) is 45.4 Å². The summed E-state index contributed by atoms with van der Waals surface area (Å²) >= 11 is 0. The van der Waals surface area contributed by atoms with E-state index in [0.717, 1.165) is 13.1 Å². The molecular formula is C36H38N4. The first-order chi connectivity index (χ1) is 19.0. The molecule has 4 aliphatic rings. The van der Waals surface area contributed by atoms with Crippen molar-refractivity contribution >= 4 is 56.4 Å². The molecule has 0 aromatic heterocycles. The standard InChI is InChI=1S/C36H38N4/c1-17(2)19-9-23-29-26(36(7,8)27-13-37-15-39-33(23)27)12-22-20(18(3)4)10-24-30-25(11-21(19)31(29)32(22)30)35(5,6)28-14-38-16-40-34(24)28/h9-12,15-18H,13-14H2,1-8H3,(H,37,39)(H,38,40). The van der Waals surface area contributed by atoms with Gasteiger partial charge in [0, 0.05) is 33.4 Å². The van der Waals surface area contributed by atoms with Gasteiger partial charge in [-0.15, -0.1) is 0 Å². The maximum Gasteiger partial charge on any atom is 0.0872 e. The van der Waals surface area contributed by atoms with Gasteiger partial charge in [0.25, 0.3) is 0 Å². The van der Waals surface area contributed by atoms with Gasteiger partial charge in [-0.1, -0.05) is 55.4 Å². The summed E-state index contributed by atoms with van der Waals surface area (Å²) in [7, 11) is 0. The minimum atomic E-state index is -0.123. The van der Waals surface area contributed by atoms with Crippen LogP contribution >= 0.6 is 0 Å². The van der Waals surface area contributed by atoms with Crippen LogP contribution in [0.1, 0.15) is 101 Å². The van der Waals surface area contributed by atoms with Crippen molar-refractivity contribution in [3.05, 3.63) is 68.8 Å². The molecule has 8 rings (SSSR count). The van der Waals surface area contributed by atoms with Crippen LogP contribution in [0.2, 0.25) is 0 Å².